The molecule has 1 aliphatic rings. The van der Waals surface area contributed by atoms with Gasteiger partial charge in [0.05, 0.1) is 6.10 Å². The van der Waals surface area contributed by atoms with Crippen LogP contribution in [0.25, 0.3) is 0 Å². The molecule has 0 aliphatic carbocycles. The van der Waals surface area contributed by atoms with E-state index in [4.69, 9.17) is 4.74 Å². The minimum atomic E-state index is -0.139. The molecular weight excluding hydrogens is 238 g/mol. The second kappa shape index (κ2) is 7.88. The lowest BCUT2D eigenvalue weighted by Gasteiger charge is -2.38. The van der Waals surface area contributed by atoms with Crippen molar-refractivity contribution >= 4 is 5.97 Å². The summed E-state index contributed by atoms with van der Waals surface area (Å²) in [5, 5.41) is 3.32. The van der Waals surface area contributed by atoms with E-state index in [1.54, 1.807) is 0 Å². The highest BCUT2D eigenvalue weighted by atomic mass is 16.5. The third kappa shape index (κ3) is 5.52. The molecule has 1 fully saturated rings. The first-order chi connectivity index (χ1) is 8.97. The number of carbonyl (C=O) groups excluding carboxylic acids is 1. The lowest BCUT2D eigenvalue weighted by molar-refractivity contribution is -0.155. The van der Waals surface area contributed by atoms with E-state index in [0.717, 1.165) is 32.2 Å². The van der Waals surface area contributed by atoms with Crippen molar-refractivity contribution in [3.63, 3.8) is 0 Å². The Bertz CT molecular complexity index is 276. The molecule has 2 atom stereocenters. The van der Waals surface area contributed by atoms with Gasteiger partial charge in [0.2, 0.25) is 0 Å². The molecule has 3 heteroatoms. The topological polar surface area (TPSA) is 38.3 Å². The van der Waals surface area contributed by atoms with Crippen LogP contribution in [-0.4, -0.2) is 24.7 Å². The van der Waals surface area contributed by atoms with Gasteiger partial charge in [-0.25, -0.2) is 0 Å². The van der Waals surface area contributed by atoms with Crippen LogP contribution in [0.2, 0.25) is 0 Å². The van der Waals surface area contributed by atoms with Gasteiger partial charge in [-0.15, -0.1) is 0 Å². The molecule has 1 N–H and O–H groups in total. The number of hydrogen-bond donors (Lipinski definition) is 1. The second-order valence-electron chi connectivity index (χ2n) is 6.58. The Balaban J connectivity index is 2.32. The maximum atomic E-state index is 12.2. The fourth-order valence-corrected chi connectivity index (χ4v) is 2.80. The highest BCUT2D eigenvalue weighted by molar-refractivity contribution is 5.77. The second-order valence-corrected chi connectivity index (χ2v) is 6.58. The average Bonchev–Trinajstić information content (AvgIpc) is 2.34. The quantitative estimate of drug-likeness (QED) is 0.566. The van der Waals surface area contributed by atoms with Gasteiger partial charge in [0, 0.05) is 0 Å². The molecule has 0 radical (unpaired) electrons. The van der Waals surface area contributed by atoms with Crippen molar-refractivity contribution in [3.8, 4) is 0 Å². The van der Waals surface area contributed by atoms with Gasteiger partial charge in [0.25, 0.3) is 0 Å². The summed E-state index contributed by atoms with van der Waals surface area (Å²) in [5.41, 5.74) is 0.0112. The summed E-state index contributed by atoms with van der Waals surface area (Å²) in [6, 6.07) is -0.139. The molecule has 1 heterocycles. The molecule has 1 rings (SSSR count). The van der Waals surface area contributed by atoms with Crippen molar-refractivity contribution in [1.29, 1.82) is 0 Å². The number of esters is 1. The molecule has 2 unspecified atom stereocenters. The third-order valence-corrected chi connectivity index (χ3v) is 4.15. The number of nitrogens with one attached hydrogen (secondary N) is 1. The number of rotatable bonds is 7. The minimum absolute atomic E-state index is 0.0112. The number of hydrogen-bond acceptors (Lipinski definition) is 3. The molecule has 0 aromatic carbocycles. The van der Waals surface area contributed by atoms with Crippen molar-refractivity contribution in [2.75, 3.05) is 6.54 Å². The summed E-state index contributed by atoms with van der Waals surface area (Å²) in [7, 11) is 0. The molecule has 112 valence electrons. The van der Waals surface area contributed by atoms with Crippen LogP contribution in [0.4, 0.5) is 0 Å². The molecule has 1 aliphatic heterocycles. The van der Waals surface area contributed by atoms with E-state index >= 15 is 0 Å². The van der Waals surface area contributed by atoms with Gasteiger partial charge in [-0.1, -0.05) is 40.0 Å². The summed E-state index contributed by atoms with van der Waals surface area (Å²) in [6.45, 7) is 9.45. The van der Waals surface area contributed by atoms with Crippen molar-refractivity contribution < 1.29 is 9.53 Å². The van der Waals surface area contributed by atoms with Gasteiger partial charge in [-0.2, -0.15) is 0 Å². The monoisotopic (exact) mass is 269 g/mol. The maximum Gasteiger partial charge on any atom is 0.323 e. The minimum Gasteiger partial charge on any atom is -0.461 e. The van der Waals surface area contributed by atoms with E-state index in [0.29, 0.717) is 0 Å². The summed E-state index contributed by atoms with van der Waals surface area (Å²) in [4.78, 5) is 12.2. The molecule has 19 heavy (non-hydrogen) atoms. The van der Waals surface area contributed by atoms with Crippen LogP contribution in [0, 0.1) is 5.41 Å². The zero-order valence-electron chi connectivity index (χ0n) is 13.1. The zero-order valence-corrected chi connectivity index (χ0v) is 13.1. The predicted molar refractivity (Wildman–Crippen MR) is 79.1 cm³/mol. The zero-order chi connectivity index (χ0) is 14.3. The Labute approximate surface area is 118 Å². The van der Waals surface area contributed by atoms with Crippen molar-refractivity contribution in [1.82, 2.24) is 5.32 Å². The highest BCUT2D eigenvalue weighted by Gasteiger charge is 2.38. The highest BCUT2D eigenvalue weighted by Crippen LogP contribution is 2.31. The molecule has 1 saturated heterocycles. The van der Waals surface area contributed by atoms with Crippen molar-refractivity contribution in [3.05, 3.63) is 0 Å². The molecule has 0 saturated carbocycles. The van der Waals surface area contributed by atoms with Crippen LogP contribution in [0.3, 0.4) is 0 Å². The van der Waals surface area contributed by atoms with Crippen molar-refractivity contribution in [2.45, 2.75) is 84.8 Å². The fraction of sp³-hybridized carbons (Fsp3) is 0.938. The molecule has 0 spiro atoms. The maximum absolute atomic E-state index is 12.2. The van der Waals surface area contributed by atoms with Gasteiger partial charge in [-0.05, 0) is 44.6 Å². The van der Waals surface area contributed by atoms with Gasteiger partial charge in [-0.3, -0.25) is 4.79 Å². The molecule has 0 bridgehead atoms. The van der Waals surface area contributed by atoms with Crippen LogP contribution in [0.15, 0.2) is 0 Å². The van der Waals surface area contributed by atoms with E-state index in [1.807, 2.05) is 6.92 Å². The van der Waals surface area contributed by atoms with Gasteiger partial charge < -0.3 is 10.1 Å². The lowest BCUT2D eigenvalue weighted by Crippen LogP contribution is -2.52. The molecule has 0 amide bonds. The molecule has 3 nitrogen and oxygen atoms in total. The van der Waals surface area contributed by atoms with Crippen LogP contribution in [-0.2, 0) is 9.53 Å². The van der Waals surface area contributed by atoms with E-state index in [-0.39, 0.29) is 23.5 Å². The van der Waals surface area contributed by atoms with Crippen molar-refractivity contribution in [2.24, 2.45) is 5.41 Å². The Kier molecular flexibility index (Phi) is 6.84. The van der Waals surface area contributed by atoms with E-state index < -0.39 is 0 Å². The fourth-order valence-electron chi connectivity index (χ4n) is 2.80. The average molecular weight is 269 g/mol. The summed E-state index contributed by atoms with van der Waals surface area (Å²) >= 11 is 0. The number of piperidine rings is 1. The van der Waals surface area contributed by atoms with E-state index in [1.165, 1.54) is 19.3 Å². The number of carbonyl (C=O) groups is 1. The first kappa shape index (κ1) is 16.5. The van der Waals surface area contributed by atoms with Gasteiger partial charge in [0.15, 0.2) is 0 Å². The first-order valence-corrected chi connectivity index (χ1v) is 7.91. The van der Waals surface area contributed by atoms with E-state index in [9.17, 15) is 4.79 Å². The lowest BCUT2D eigenvalue weighted by atomic mass is 9.77. The predicted octanol–water partition coefficient (Wildman–Crippen LogP) is 3.67. The standard InChI is InChI=1S/C16H31NO2/c1-5-6-7-8-10-13(2)19-15(18)14-16(3,4)11-9-12-17-14/h13-14,17H,5-12H2,1-4H3. The first-order valence-electron chi connectivity index (χ1n) is 7.91. The third-order valence-electron chi connectivity index (χ3n) is 4.15. The SMILES string of the molecule is CCCCCCC(C)OC(=O)C1NCCCC1(C)C. The summed E-state index contributed by atoms with van der Waals surface area (Å²) < 4.78 is 5.60. The number of ether oxygens (including phenoxy) is 1. The van der Waals surface area contributed by atoms with Crippen LogP contribution >= 0.6 is 0 Å². The van der Waals surface area contributed by atoms with Crippen LogP contribution < -0.4 is 5.32 Å². The Morgan fingerprint density at radius 3 is 2.74 bits per heavy atom. The van der Waals surface area contributed by atoms with E-state index in [2.05, 4.69) is 26.1 Å². The normalized spacial score (nSPS) is 23.9. The smallest absolute Gasteiger partial charge is 0.323 e. The Morgan fingerprint density at radius 2 is 2.11 bits per heavy atom. The van der Waals surface area contributed by atoms with Crippen LogP contribution in [0.1, 0.15) is 72.6 Å². The Morgan fingerprint density at radius 1 is 1.37 bits per heavy atom. The number of unbranched alkanes of at least 4 members (excludes halogenated alkanes) is 3. The Hall–Kier alpha value is -0.570. The molecule has 0 aromatic heterocycles. The largest absolute Gasteiger partial charge is 0.461 e. The van der Waals surface area contributed by atoms with Gasteiger partial charge in [0.1, 0.15) is 6.04 Å². The molecular formula is C16H31NO2. The molecule has 0 aromatic rings. The summed E-state index contributed by atoms with van der Waals surface area (Å²) in [6.07, 6.45) is 8.18. The van der Waals surface area contributed by atoms with Gasteiger partial charge >= 0.3 is 5.97 Å². The summed E-state index contributed by atoms with van der Waals surface area (Å²) in [5.74, 6) is -0.0623. The van der Waals surface area contributed by atoms with Crippen LogP contribution in [0.5, 0.6) is 0 Å².